The highest BCUT2D eigenvalue weighted by molar-refractivity contribution is 5.92. The fraction of sp³-hybridized carbons (Fsp3) is 0.211. The molecular formula is C19H18N6O3. The predicted molar refractivity (Wildman–Crippen MR) is 101 cm³/mol. The molecule has 0 saturated heterocycles. The highest BCUT2D eigenvalue weighted by atomic mass is 16.5. The first-order valence-electron chi connectivity index (χ1n) is 8.53. The summed E-state index contributed by atoms with van der Waals surface area (Å²) in [5, 5.41) is 23.1. The molecule has 0 fully saturated rings. The largest absolute Gasteiger partial charge is 0.490 e. The van der Waals surface area contributed by atoms with E-state index in [2.05, 4.69) is 20.8 Å². The molecule has 1 aromatic heterocycles. The molecule has 2 aromatic carbocycles. The van der Waals surface area contributed by atoms with Crippen LogP contribution in [-0.4, -0.2) is 39.3 Å². The molecule has 9 heteroatoms. The van der Waals surface area contributed by atoms with Gasteiger partial charge in [-0.25, -0.2) is 4.68 Å². The zero-order valence-electron chi connectivity index (χ0n) is 15.4. The first-order chi connectivity index (χ1) is 13.6. The van der Waals surface area contributed by atoms with Crippen molar-refractivity contribution in [2.75, 3.05) is 18.5 Å². The summed E-state index contributed by atoms with van der Waals surface area (Å²) in [4.78, 5) is 12.3. The zero-order valence-corrected chi connectivity index (χ0v) is 15.4. The Morgan fingerprint density at radius 1 is 1.21 bits per heavy atom. The van der Waals surface area contributed by atoms with Crippen molar-refractivity contribution in [1.82, 2.24) is 20.2 Å². The number of rotatable bonds is 7. The van der Waals surface area contributed by atoms with Crippen molar-refractivity contribution in [3.05, 3.63) is 48.0 Å². The van der Waals surface area contributed by atoms with Crippen LogP contribution in [0.25, 0.3) is 11.4 Å². The molecule has 28 heavy (non-hydrogen) atoms. The summed E-state index contributed by atoms with van der Waals surface area (Å²) in [6, 6.07) is 14.0. The summed E-state index contributed by atoms with van der Waals surface area (Å²) in [6.07, 6.45) is 0. The monoisotopic (exact) mass is 378 g/mol. The van der Waals surface area contributed by atoms with Crippen LogP contribution in [0, 0.1) is 11.3 Å². The normalized spacial score (nSPS) is 10.2. The van der Waals surface area contributed by atoms with Gasteiger partial charge in [-0.1, -0.05) is 12.1 Å². The third-order valence-corrected chi connectivity index (χ3v) is 3.76. The quantitative estimate of drug-likeness (QED) is 0.670. The van der Waals surface area contributed by atoms with Crippen LogP contribution in [0.3, 0.4) is 0 Å². The number of hydrogen-bond acceptors (Lipinski definition) is 7. The Hall–Kier alpha value is -3.93. The van der Waals surface area contributed by atoms with Crippen molar-refractivity contribution >= 4 is 11.6 Å². The molecule has 0 unspecified atom stereocenters. The van der Waals surface area contributed by atoms with Gasteiger partial charge in [0.15, 0.2) is 23.9 Å². The SMILES string of the molecule is CCOc1cc(C#N)ccc1OCC(=O)Nc1cccc(-c2nnnn2C)c1. The van der Waals surface area contributed by atoms with Crippen LogP contribution >= 0.6 is 0 Å². The third kappa shape index (κ3) is 4.42. The number of anilines is 1. The number of nitriles is 1. The van der Waals surface area contributed by atoms with Crippen molar-refractivity contribution in [2.45, 2.75) is 6.92 Å². The van der Waals surface area contributed by atoms with Crippen molar-refractivity contribution in [3.8, 4) is 29.0 Å². The van der Waals surface area contributed by atoms with Crippen LogP contribution in [0.4, 0.5) is 5.69 Å². The summed E-state index contributed by atoms with van der Waals surface area (Å²) in [6.45, 7) is 2.04. The summed E-state index contributed by atoms with van der Waals surface area (Å²) in [5.74, 6) is 1.08. The van der Waals surface area contributed by atoms with E-state index in [9.17, 15) is 4.79 Å². The van der Waals surface area contributed by atoms with E-state index in [0.717, 1.165) is 5.56 Å². The molecule has 3 rings (SSSR count). The van der Waals surface area contributed by atoms with Gasteiger partial charge in [0.25, 0.3) is 5.91 Å². The predicted octanol–water partition coefficient (Wildman–Crippen LogP) is 2.16. The van der Waals surface area contributed by atoms with Gasteiger partial charge in [-0.05, 0) is 41.6 Å². The van der Waals surface area contributed by atoms with Gasteiger partial charge in [-0.2, -0.15) is 5.26 Å². The Bertz CT molecular complexity index is 1020. The Balaban J connectivity index is 1.65. The number of amides is 1. The Labute approximate surface area is 161 Å². The minimum absolute atomic E-state index is 0.207. The van der Waals surface area contributed by atoms with Crippen molar-refractivity contribution < 1.29 is 14.3 Å². The molecule has 0 aliphatic heterocycles. The minimum atomic E-state index is -0.333. The molecule has 3 aromatic rings. The molecular weight excluding hydrogens is 360 g/mol. The van der Waals surface area contributed by atoms with Gasteiger partial charge in [-0.15, -0.1) is 5.10 Å². The maximum absolute atomic E-state index is 12.3. The molecule has 0 atom stereocenters. The lowest BCUT2D eigenvalue weighted by Crippen LogP contribution is -2.20. The van der Waals surface area contributed by atoms with Gasteiger partial charge in [-0.3, -0.25) is 4.79 Å². The summed E-state index contributed by atoms with van der Waals surface area (Å²) < 4.78 is 12.6. The number of benzene rings is 2. The van der Waals surface area contributed by atoms with Gasteiger partial charge in [0, 0.05) is 24.4 Å². The second-order valence-corrected chi connectivity index (χ2v) is 5.75. The fourth-order valence-corrected chi connectivity index (χ4v) is 2.52. The number of nitrogens with zero attached hydrogens (tertiary/aromatic N) is 5. The summed E-state index contributed by atoms with van der Waals surface area (Å²) >= 11 is 0. The fourth-order valence-electron chi connectivity index (χ4n) is 2.52. The van der Waals surface area contributed by atoms with Gasteiger partial charge in [0.05, 0.1) is 18.2 Å². The number of tetrazole rings is 1. The molecule has 1 amide bonds. The average molecular weight is 378 g/mol. The van der Waals surface area contributed by atoms with E-state index < -0.39 is 0 Å². The molecule has 0 radical (unpaired) electrons. The van der Waals surface area contributed by atoms with Crippen LogP contribution in [0.15, 0.2) is 42.5 Å². The van der Waals surface area contributed by atoms with E-state index in [4.69, 9.17) is 14.7 Å². The van der Waals surface area contributed by atoms with E-state index in [1.807, 2.05) is 19.1 Å². The smallest absolute Gasteiger partial charge is 0.262 e. The Morgan fingerprint density at radius 2 is 2.07 bits per heavy atom. The molecule has 0 aliphatic rings. The Kier molecular flexibility index (Phi) is 5.81. The van der Waals surface area contributed by atoms with E-state index in [1.54, 1.807) is 48.1 Å². The summed E-state index contributed by atoms with van der Waals surface area (Å²) in [7, 11) is 1.74. The molecule has 0 spiro atoms. The van der Waals surface area contributed by atoms with E-state index >= 15 is 0 Å². The Morgan fingerprint density at radius 3 is 2.79 bits per heavy atom. The minimum Gasteiger partial charge on any atom is -0.490 e. The number of carbonyl (C=O) groups excluding carboxylic acids is 1. The van der Waals surface area contributed by atoms with Gasteiger partial charge < -0.3 is 14.8 Å². The van der Waals surface area contributed by atoms with Gasteiger partial charge in [0.2, 0.25) is 0 Å². The zero-order chi connectivity index (χ0) is 19.9. The van der Waals surface area contributed by atoms with Crippen molar-refractivity contribution in [1.29, 1.82) is 5.26 Å². The molecule has 0 bridgehead atoms. The topological polar surface area (TPSA) is 115 Å². The van der Waals surface area contributed by atoms with Crippen molar-refractivity contribution in [2.24, 2.45) is 7.05 Å². The maximum Gasteiger partial charge on any atom is 0.262 e. The van der Waals surface area contributed by atoms with E-state index in [0.29, 0.717) is 35.2 Å². The standard InChI is InChI=1S/C19H18N6O3/c1-3-27-17-9-13(11-20)7-8-16(17)28-12-18(26)21-15-6-4-5-14(10-15)19-22-23-24-25(19)2/h4-10H,3,12H2,1-2H3,(H,21,26). The van der Waals surface area contributed by atoms with Gasteiger partial charge >= 0.3 is 0 Å². The number of aryl methyl sites for hydroxylation is 1. The lowest BCUT2D eigenvalue weighted by atomic mass is 10.2. The first kappa shape index (κ1) is 18.8. The van der Waals surface area contributed by atoms with Crippen LogP contribution in [0.2, 0.25) is 0 Å². The average Bonchev–Trinajstić information content (AvgIpc) is 3.13. The second-order valence-electron chi connectivity index (χ2n) is 5.75. The highest BCUT2D eigenvalue weighted by Gasteiger charge is 2.11. The van der Waals surface area contributed by atoms with E-state index in [-0.39, 0.29) is 12.5 Å². The van der Waals surface area contributed by atoms with Crippen LogP contribution in [-0.2, 0) is 11.8 Å². The van der Waals surface area contributed by atoms with Crippen LogP contribution in [0.5, 0.6) is 11.5 Å². The second kappa shape index (κ2) is 8.64. The number of carbonyl (C=O) groups is 1. The molecule has 9 nitrogen and oxygen atoms in total. The number of hydrogen-bond donors (Lipinski definition) is 1. The molecule has 0 saturated carbocycles. The maximum atomic E-state index is 12.3. The molecule has 0 aliphatic carbocycles. The summed E-state index contributed by atoms with van der Waals surface area (Å²) in [5.41, 5.74) is 1.83. The van der Waals surface area contributed by atoms with Crippen molar-refractivity contribution in [3.63, 3.8) is 0 Å². The number of aromatic nitrogens is 4. The highest BCUT2D eigenvalue weighted by Crippen LogP contribution is 2.28. The first-order valence-corrected chi connectivity index (χ1v) is 8.53. The van der Waals surface area contributed by atoms with Crippen LogP contribution < -0.4 is 14.8 Å². The molecule has 1 N–H and O–H groups in total. The lowest BCUT2D eigenvalue weighted by Gasteiger charge is -2.12. The molecule has 1 heterocycles. The number of ether oxygens (including phenoxy) is 2. The third-order valence-electron chi connectivity index (χ3n) is 3.76. The number of nitrogens with one attached hydrogen (secondary N) is 1. The van der Waals surface area contributed by atoms with Gasteiger partial charge in [0.1, 0.15) is 0 Å². The lowest BCUT2D eigenvalue weighted by molar-refractivity contribution is -0.118. The van der Waals surface area contributed by atoms with Crippen LogP contribution in [0.1, 0.15) is 12.5 Å². The van der Waals surface area contributed by atoms with E-state index in [1.165, 1.54) is 0 Å². The molecule has 142 valence electrons.